The first kappa shape index (κ1) is 24.3. The molecule has 0 aromatic heterocycles. The zero-order valence-corrected chi connectivity index (χ0v) is 18.1. The quantitative estimate of drug-likeness (QED) is 0.739. The maximum atomic E-state index is 12.8. The van der Waals surface area contributed by atoms with Gasteiger partial charge in [-0.05, 0) is 43.0 Å². The maximum absolute atomic E-state index is 12.8. The van der Waals surface area contributed by atoms with E-state index in [-0.39, 0.29) is 42.7 Å². The van der Waals surface area contributed by atoms with E-state index in [0.717, 1.165) is 37.2 Å². The number of aryl methyl sites for hydroxylation is 1. The number of rotatable bonds is 5. The van der Waals surface area contributed by atoms with E-state index in [1.54, 1.807) is 0 Å². The van der Waals surface area contributed by atoms with Crippen LogP contribution in [0.5, 0.6) is 0 Å². The molecule has 1 amide bonds. The highest BCUT2D eigenvalue weighted by Crippen LogP contribution is 2.24. The van der Waals surface area contributed by atoms with E-state index in [1.165, 1.54) is 5.56 Å². The molecule has 2 aromatic rings. The first-order valence-electron chi connectivity index (χ1n) is 9.47. The molecule has 0 spiro atoms. The predicted molar refractivity (Wildman–Crippen MR) is 121 cm³/mol. The van der Waals surface area contributed by atoms with Gasteiger partial charge in [0.05, 0.1) is 5.92 Å². The van der Waals surface area contributed by atoms with E-state index in [1.807, 2.05) is 42.2 Å². The van der Waals surface area contributed by atoms with Crippen molar-refractivity contribution in [1.29, 1.82) is 0 Å². The number of nitrogens with zero attached hydrogens (tertiary/aromatic N) is 1. The summed E-state index contributed by atoms with van der Waals surface area (Å²) in [6, 6.07) is 18.5. The van der Waals surface area contributed by atoms with Gasteiger partial charge in [-0.2, -0.15) is 0 Å². The number of benzene rings is 2. The molecule has 154 valence electrons. The fourth-order valence-electron chi connectivity index (χ4n) is 3.62. The highest BCUT2D eigenvalue weighted by Gasteiger charge is 2.29. The number of nitrogens with two attached hydrogens (primary N) is 1. The zero-order chi connectivity index (χ0) is 18.5. The van der Waals surface area contributed by atoms with Crippen molar-refractivity contribution in [3.8, 4) is 0 Å². The molecular weight excluding hydrogens is 393 g/mol. The van der Waals surface area contributed by atoms with Crippen LogP contribution < -0.4 is 11.1 Å². The standard InChI is InChI=1S/C22H29N3O.2ClH/c1-16-7-6-10-20(15-16)24-19-11-13-25(14-12-19)22(26)17(2)21(23)18-8-4-3-5-9-18;;/h3-10,15,17,19,21,24H,11-14,23H2,1-2H3;2*1H. The summed E-state index contributed by atoms with van der Waals surface area (Å²) in [5.41, 5.74) is 9.77. The van der Waals surface area contributed by atoms with E-state index in [0.29, 0.717) is 6.04 Å². The number of nitrogens with one attached hydrogen (secondary N) is 1. The minimum atomic E-state index is -0.258. The van der Waals surface area contributed by atoms with Gasteiger partial charge < -0.3 is 16.0 Å². The topological polar surface area (TPSA) is 58.4 Å². The van der Waals surface area contributed by atoms with Crippen LogP contribution in [0.2, 0.25) is 0 Å². The third kappa shape index (κ3) is 6.13. The number of likely N-dealkylation sites (tertiary alicyclic amines) is 1. The van der Waals surface area contributed by atoms with Gasteiger partial charge in [0, 0.05) is 30.9 Å². The van der Waals surface area contributed by atoms with Crippen LogP contribution in [0.4, 0.5) is 5.69 Å². The second-order valence-electron chi connectivity index (χ2n) is 7.34. The first-order chi connectivity index (χ1) is 12.5. The van der Waals surface area contributed by atoms with Crippen LogP contribution in [0.3, 0.4) is 0 Å². The fraction of sp³-hybridized carbons (Fsp3) is 0.409. The zero-order valence-electron chi connectivity index (χ0n) is 16.5. The van der Waals surface area contributed by atoms with E-state index in [4.69, 9.17) is 5.73 Å². The number of hydrogen-bond acceptors (Lipinski definition) is 3. The monoisotopic (exact) mass is 423 g/mol. The van der Waals surface area contributed by atoms with Crippen molar-refractivity contribution in [3.05, 3.63) is 65.7 Å². The van der Waals surface area contributed by atoms with Crippen LogP contribution in [0.25, 0.3) is 0 Å². The number of hydrogen-bond donors (Lipinski definition) is 2. The molecule has 4 nitrogen and oxygen atoms in total. The van der Waals surface area contributed by atoms with E-state index in [9.17, 15) is 4.79 Å². The van der Waals surface area contributed by atoms with E-state index in [2.05, 4.69) is 36.5 Å². The Kier molecular flexibility index (Phi) is 9.80. The van der Waals surface area contributed by atoms with Gasteiger partial charge >= 0.3 is 0 Å². The number of amides is 1. The van der Waals surface area contributed by atoms with Gasteiger partial charge in [-0.3, -0.25) is 4.79 Å². The molecule has 2 atom stereocenters. The summed E-state index contributed by atoms with van der Waals surface area (Å²) < 4.78 is 0. The summed E-state index contributed by atoms with van der Waals surface area (Å²) in [7, 11) is 0. The molecular formula is C22H31Cl2N3O. The van der Waals surface area contributed by atoms with Crippen molar-refractivity contribution in [2.45, 2.75) is 38.8 Å². The Morgan fingerprint density at radius 2 is 1.71 bits per heavy atom. The molecule has 28 heavy (non-hydrogen) atoms. The second kappa shape index (κ2) is 11.3. The predicted octanol–water partition coefficient (Wildman–Crippen LogP) is 4.58. The first-order valence-corrected chi connectivity index (χ1v) is 9.47. The third-order valence-electron chi connectivity index (χ3n) is 5.31. The summed E-state index contributed by atoms with van der Waals surface area (Å²) in [6.45, 7) is 5.61. The van der Waals surface area contributed by atoms with Gasteiger partial charge in [0.1, 0.15) is 0 Å². The maximum Gasteiger partial charge on any atom is 0.227 e. The van der Waals surface area contributed by atoms with Crippen LogP contribution in [0.15, 0.2) is 54.6 Å². The van der Waals surface area contributed by atoms with Gasteiger partial charge in [-0.1, -0.05) is 49.4 Å². The molecule has 2 unspecified atom stereocenters. The van der Waals surface area contributed by atoms with Crippen molar-refractivity contribution in [3.63, 3.8) is 0 Å². The second-order valence-corrected chi connectivity index (χ2v) is 7.34. The lowest BCUT2D eigenvalue weighted by atomic mass is 9.93. The Bertz CT molecular complexity index is 734. The molecule has 2 aromatic carbocycles. The number of carbonyl (C=O) groups excluding carboxylic acids is 1. The highest BCUT2D eigenvalue weighted by atomic mass is 35.5. The third-order valence-corrected chi connectivity index (χ3v) is 5.31. The van der Waals surface area contributed by atoms with Crippen LogP contribution in [-0.2, 0) is 4.79 Å². The molecule has 0 radical (unpaired) electrons. The van der Waals surface area contributed by atoms with Gasteiger partial charge in [0.2, 0.25) is 5.91 Å². The van der Waals surface area contributed by atoms with Gasteiger partial charge in [0.15, 0.2) is 0 Å². The number of piperidine rings is 1. The Labute approximate surface area is 180 Å². The van der Waals surface area contributed by atoms with Crippen LogP contribution in [0, 0.1) is 12.8 Å². The summed E-state index contributed by atoms with van der Waals surface area (Å²) in [4.78, 5) is 14.8. The van der Waals surface area contributed by atoms with Crippen molar-refractivity contribution in [2.24, 2.45) is 11.7 Å². The average Bonchev–Trinajstić information content (AvgIpc) is 2.67. The number of anilines is 1. The normalized spacial score (nSPS) is 16.3. The molecule has 1 fully saturated rings. The Balaban J connectivity index is 0.00000196. The van der Waals surface area contributed by atoms with Crippen molar-refractivity contribution >= 4 is 36.4 Å². The van der Waals surface area contributed by atoms with Crippen LogP contribution in [0.1, 0.15) is 36.9 Å². The smallest absolute Gasteiger partial charge is 0.227 e. The lowest BCUT2D eigenvalue weighted by Crippen LogP contribution is -2.46. The molecule has 1 heterocycles. The Morgan fingerprint density at radius 3 is 2.32 bits per heavy atom. The molecule has 3 rings (SSSR count). The largest absolute Gasteiger partial charge is 0.382 e. The van der Waals surface area contributed by atoms with Crippen LogP contribution in [-0.4, -0.2) is 29.9 Å². The molecule has 0 aliphatic carbocycles. The Morgan fingerprint density at radius 1 is 1.07 bits per heavy atom. The summed E-state index contributed by atoms with van der Waals surface area (Å²) in [5.74, 6) is -0.0472. The molecule has 3 N–H and O–H groups in total. The molecule has 1 saturated heterocycles. The highest BCUT2D eigenvalue weighted by molar-refractivity contribution is 5.85. The van der Waals surface area contributed by atoms with Crippen molar-refractivity contribution < 1.29 is 4.79 Å². The Hall–Kier alpha value is -1.75. The van der Waals surface area contributed by atoms with E-state index < -0.39 is 0 Å². The van der Waals surface area contributed by atoms with Gasteiger partial charge in [0.25, 0.3) is 0 Å². The summed E-state index contributed by atoms with van der Waals surface area (Å²) in [6.07, 6.45) is 1.93. The number of halogens is 2. The summed E-state index contributed by atoms with van der Waals surface area (Å²) in [5, 5.41) is 3.60. The van der Waals surface area contributed by atoms with Crippen molar-refractivity contribution in [2.75, 3.05) is 18.4 Å². The SMILES string of the molecule is Cc1cccc(NC2CCN(C(=O)C(C)C(N)c3ccccc3)CC2)c1.Cl.Cl. The minimum absolute atomic E-state index is 0. The van der Waals surface area contributed by atoms with E-state index >= 15 is 0 Å². The van der Waals surface area contributed by atoms with Crippen LogP contribution >= 0.6 is 24.8 Å². The molecule has 1 aliphatic heterocycles. The molecule has 6 heteroatoms. The average molecular weight is 424 g/mol. The fourth-order valence-corrected chi connectivity index (χ4v) is 3.62. The van der Waals surface area contributed by atoms with Crippen molar-refractivity contribution in [1.82, 2.24) is 4.90 Å². The number of carbonyl (C=O) groups is 1. The summed E-state index contributed by atoms with van der Waals surface area (Å²) >= 11 is 0. The van der Waals surface area contributed by atoms with Gasteiger partial charge in [-0.15, -0.1) is 24.8 Å². The van der Waals surface area contributed by atoms with Gasteiger partial charge in [-0.25, -0.2) is 0 Å². The molecule has 0 saturated carbocycles. The molecule has 1 aliphatic rings. The minimum Gasteiger partial charge on any atom is -0.382 e. The molecule has 0 bridgehead atoms. The lowest BCUT2D eigenvalue weighted by Gasteiger charge is -2.35. The lowest BCUT2D eigenvalue weighted by molar-refractivity contribution is -0.136.